The minimum Gasteiger partial charge on any atom is -0.480 e. The van der Waals surface area contributed by atoms with Crippen molar-refractivity contribution in [1.29, 1.82) is 0 Å². The van der Waals surface area contributed by atoms with Crippen molar-refractivity contribution >= 4 is 22.6 Å². The maximum absolute atomic E-state index is 12.9. The smallest absolute Gasteiger partial charge is 0.319 e. The van der Waals surface area contributed by atoms with Gasteiger partial charge in [0.1, 0.15) is 5.69 Å². The van der Waals surface area contributed by atoms with Gasteiger partial charge in [-0.1, -0.05) is 0 Å². The second-order valence-corrected chi connectivity index (χ2v) is 6.44. The first-order chi connectivity index (χ1) is 14.1. The molecule has 10 nitrogen and oxygen atoms in total. The molecule has 1 amide bonds. The van der Waals surface area contributed by atoms with Gasteiger partial charge >= 0.3 is 6.01 Å². The van der Waals surface area contributed by atoms with E-state index < -0.39 is 11.7 Å². The molecular weight excluding hydrogens is 376 g/mol. The Kier molecular flexibility index (Phi) is 5.09. The summed E-state index contributed by atoms with van der Waals surface area (Å²) in [5.74, 6) is -0.763. The number of nitrogens with one attached hydrogen (secondary N) is 2. The third-order valence-electron chi connectivity index (χ3n) is 4.81. The van der Waals surface area contributed by atoms with Gasteiger partial charge in [-0.2, -0.15) is 4.98 Å². The van der Waals surface area contributed by atoms with E-state index in [1.165, 1.54) is 20.4 Å². The number of ketones is 1. The molecule has 0 spiro atoms. The first kappa shape index (κ1) is 18.8. The minimum absolute atomic E-state index is 0.168. The molecule has 1 aliphatic heterocycles. The lowest BCUT2D eigenvalue weighted by Gasteiger charge is -2.26. The summed E-state index contributed by atoms with van der Waals surface area (Å²) in [6.07, 6.45) is 4.65. The van der Waals surface area contributed by atoms with Crippen LogP contribution in [0.5, 0.6) is 11.9 Å². The SMILES string of the molecule is COc1ncc(-c2nccc3c(C(=O)C(=O)N4CCNCC4)c[nH]c23)c(OC)n1. The highest BCUT2D eigenvalue weighted by atomic mass is 16.5. The van der Waals surface area contributed by atoms with Crippen molar-refractivity contribution < 1.29 is 19.1 Å². The van der Waals surface area contributed by atoms with E-state index in [0.29, 0.717) is 53.9 Å². The molecule has 0 saturated carbocycles. The fraction of sp³-hybridized carbons (Fsp3) is 0.316. The minimum atomic E-state index is -0.548. The third kappa shape index (κ3) is 3.38. The van der Waals surface area contributed by atoms with Crippen molar-refractivity contribution in [3.05, 3.63) is 30.2 Å². The molecule has 3 aromatic heterocycles. The van der Waals surface area contributed by atoms with Gasteiger partial charge in [0.2, 0.25) is 5.88 Å². The normalized spacial score (nSPS) is 14.1. The van der Waals surface area contributed by atoms with E-state index in [9.17, 15) is 9.59 Å². The standard InChI is InChI=1S/C19H20N6O4/c1-28-17-13(10-23-19(24-17)29-2)15-14-11(3-4-21-15)12(9-22-14)16(26)18(27)25-7-5-20-6-8-25/h3-4,9-10,20,22H,5-8H2,1-2H3. The zero-order valence-corrected chi connectivity index (χ0v) is 16.1. The maximum Gasteiger partial charge on any atom is 0.319 e. The van der Waals surface area contributed by atoms with Crippen LogP contribution in [-0.2, 0) is 4.79 Å². The van der Waals surface area contributed by atoms with Crippen LogP contribution in [-0.4, -0.2) is 76.9 Å². The average Bonchev–Trinajstić information content (AvgIpc) is 3.22. The average molecular weight is 396 g/mol. The number of pyridine rings is 1. The van der Waals surface area contributed by atoms with Crippen LogP contribution >= 0.6 is 0 Å². The summed E-state index contributed by atoms with van der Waals surface area (Å²) in [5.41, 5.74) is 1.94. The number of hydrogen-bond donors (Lipinski definition) is 2. The summed E-state index contributed by atoms with van der Waals surface area (Å²) in [6.45, 7) is 2.39. The summed E-state index contributed by atoms with van der Waals surface area (Å²) in [4.78, 5) is 42.8. The molecule has 1 aliphatic rings. The fourth-order valence-electron chi connectivity index (χ4n) is 3.34. The van der Waals surface area contributed by atoms with Gasteiger partial charge in [0.15, 0.2) is 0 Å². The largest absolute Gasteiger partial charge is 0.480 e. The van der Waals surface area contributed by atoms with Crippen molar-refractivity contribution in [2.75, 3.05) is 40.4 Å². The second-order valence-electron chi connectivity index (χ2n) is 6.44. The Labute approximate surface area is 166 Å². The highest BCUT2D eigenvalue weighted by molar-refractivity contribution is 6.45. The zero-order valence-electron chi connectivity index (χ0n) is 16.1. The van der Waals surface area contributed by atoms with Gasteiger partial charge in [0, 0.05) is 50.2 Å². The lowest BCUT2D eigenvalue weighted by molar-refractivity contribution is -0.126. The molecule has 0 bridgehead atoms. The maximum atomic E-state index is 12.9. The number of carbonyl (C=O) groups is 2. The van der Waals surface area contributed by atoms with Crippen LogP contribution in [0.2, 0.25) is 0 Å². The summed E-state index contributed by atoms with van der Waals surface area (Å²) in [7, 11) is 2.95. The molecule has 3 aromatic rings. The molecule has 29 heavy (non-hydrogen) atoms. The van der Waals surface area contributed by atoms with Gasteiger partial charge in [0.05, 0.1) is 30.9 Å². The number of H-pyrrole nitrogens is 1. The van der Waals surface area contributed by atoms with Crippen molar-refractivity contribution in [3.8, 4) is 23.1 Å². The van der Waals surface area contributed by atoms with Crippen molar-refractivity contribution in [1.82, 2.24) is 30.2 Å². The lowest BCUT2D eigenvalue weighted by atomic mass is 10.1. The van der Waals surface area contributed by atoms with Gasteiger partial charge < -0.3 is 24.7 Å². The van der Waals surface area contributed by atoms with E-state index in [1.54, 1.807) is 23.4 Å². The topological polar surface area (TPSA) is 122 Å². The number of methoxy groups -OCH3 is 2. The van der Waals surface area contributed by atoms with Crippen LogP contribution in [0.3, 0.4) is 0 Å². The van der Waals surface area contributed by atoms with Gasteiger partial charge in [-0.05, 0) is 6.07 Å². The first-order valence-electron chi connectivity index (χ1n) is 9.10. The van der Waals surface area contributed by atoms with Crippen molar-refractivity contribution in [2.24, 2.45) is 0 Å². The van der Waals surface area contributed by atoms with E-state index in [2.05, 4.69) is 25.3 Å². The summed E-state index contributed by atoms with van der Waals surface area (Å²) in [5, 5.41) is 3.76. The quantitative estimate of drug-likeness (QED) is 0.476. The van der Waals surface area contributed by atoms with Crippen LogP contribution in [0.25, 0.3) is 22.2 Å². The summed E-state index contributed by atoms with van der Waals surface area (Å²) < 4.78 is 10.4. The number of aromatic nitrogens is 4. The second kappa shape index (κ2) is 7.84. The number of piperazine rings is 1. The van der Waals surface area contributed by atoms with Gasteiger partial charge in [0.25, 0.3) is 11.7 Å². The van der Waals surface area contributed by atoms with Crippen LogP contribution in [0.15, 0.2) is 24.7 Å². The summed E-state index contributed by atoms with van der Waals surface area (Å²) in [6, 6.07) is 1.87. The third-order valence-corrected chi connectivity index (χ3v) is 4.81. The van der Waals surface area contributed by atoms with E-state index in [0.717, 1.165) is 0 Å². The Bertz CT molecular complexity index is 1070. The van der Waals surface area contributed by atoms with E-state index >= 15 is 0 Å². The number of rotatable bonds is 5. The van der Waals surface area contributed by atoms with Crippen LogP contribution in [0, 0.1) is 0 Å². The Morgan fingerprint density at radius 2 is 1.93 bits per heavy atom. The molecule has 1 fully saturated rings. The number of fused-ring (bicyclic) bond motifs is 1. The van der Waals surface area contributed by atoms with E-state index in [1.807, 2.05) is 0 Å². The van der Waals surface area contributed by atoms with Crippen LogP contribution in [0.4, 0.5) is 0 Å². The van der Waals surface area contributed by atoms with Gasteiger partial charge in [-0.3, -0.25) is 14.6 Å². The Morgan fingerprint density at radius 3 is 2.66 bits per heavy atom. The number of amides is 1. The zero-order chi connectivity index (χ0) is 20.4. The lowest BCUT2D eigenvalue weighted by Crippen LogP contribution is -2.48. The van der Waals surface area contributed by atoms with Crippen LogP contribution in [0.1, 0.15) is 10.4 Å². The van der Waals surface area contributed by atoms with E-state index in [4.69, 9.17) is 9.47 Å². The predicted molar refractivity (Wildman–Crippen MR) is 104 cm³/mol. The predicted octanol–water partition coefficient (Wildman–Crippen LogP) is 0.652. The molecule has 0 unspecified atom stereocenters. The molecule has 2 N–H and O–H groups in total. The number of aromatic amines is 1. The molecule has 150 valence electrons. The number of hydrogen-bond acceptors (Lipinski definition) is 8. The molecule has 1 saturated heterocycles. The molecule has 0 atom stereocenters. The monoisotopic (exact) mass is 396 g/mol. The Hall–Kier alpha value is -3.53. The highest BCUT2D eigenvalue weighted by Gasteiger charge is 2.27. The van der Waals surface area contributed by atoms with Crippen molar-refractivity contribution in [2.45, 2.75) is 0 Å². The number of nitrogens with zero attached hydrogens (tertiary/aromatic N) is 4. The molecular formula is C19H20N6O4. The Morgan fingerprint density at radius 1 is 1.14 bits per heavy atom. The number of Topliss-reactive ketones (excluding diaryl/α,β-unsaturated/α-hetero) is 1. The highest BCUT2D eigenvalue weighted by Crippen LogP contribution is 2.33. The summed E-state index contributed by atoms with van der Waals surface area (Å²) >= 11 is 0. The van der Waals surface area contributed by atoms with Crippen LogP contribution < -0.4 is 14.8 Å². The molecule has 10 heteroatoms. The molecule has 0 aliphatic carbocycles. The molecule has 0 radical (unpaired) electrons. The van der Waals surface area contributed by atoms with E-state index in [-0.39, 0.29) is 11.9 Å². The first-order valence-corrected chi connectivity index (χ1v) is 9.10. The molecule has 0 aromatic carbocycles. The molecule has 4 heterocycles. The Balaban J connectivity index is 1.74. The fourth-order valence-corrected chi connectivity index (χ4v) is 3.34. The molecule has 4 rings (SSSR count). The van der Waals surface area contributed by atoms with Gasteiger partial charge in [-0.25, -0.2) is 4.98 Å². The van der Waals surface area contributed by atoms with Crippen molar-refractivity contribution in [3.63, 3.8) is 0 Å². The number of carbonyl (C=O) groups excluding carboxylic acids is 2. The number of ether oxygens (including phenoxy) is 2. The van der Waals surface area contributed by atoms with Gasteiger partial charge in [-0.15, -0.1) is 0 Å².